The highest BCUT2D eigenvalue weighted by atomic mass is 32.2. The molecule has 3 aromatic carbocycles. The summed E-state index contributed by atoms with van der Waals surface area (Å²) in [7, 11) is -2.88. The molecule has 0 bridgehead atoms. The van der Waals surface area contributed by atoms with Gasteiger partial charge in [0.15, 0.2) is 9.84 Å². The first-order chi connectivity index (χ1) is 14.0. The van der Waals surface area contributed by atoms with Crippen LogP contribution in [0, 0.1) is 0 Å². The van der Waals surface area contributed by atoms with Crippen molar-refractivity contribution in [2.24, 2.45) is 0 Å². The van der Waals surface area contributed by atoms with Crippen LogP contribution in [0.3, 0.4) is 0 Å². The number of aromatic nitrogens is 2. The van der Waals surface area contributed by atoms with E-state index in [9.17, 15) is 8.42 Å². The number of nitrogens with one attached hydrogen (secondary N) is 2. The fourth-order valence-corrected chi connectivity index (χ4v) is 3.66. The van der Waals surface area contributed by atoms with Crippen molar-refractivity contribution in [1.82, 2.24) is 9.97 Å². The van der Waals surface area contributed by atoms with Gasteiger partial charge >= 0.3 is 0 Å². The van der Waals surface area contributed by atoms with Crippen molar-refractivity contribution in [3.05, 3.63) is 109 Å². The zero-order valence-corrected chi connectivity index (χ0v) is 17.1. The van der Waals surface area contributed by atoms with Gasteiger partial charge in [-0.25, -0.2) is 8.42 Å². The Morgan fingerprint density at radius 1 is 0.621 bits per heavy atom. The highest BCUT2D eigenvalue weighted by Crippen LogP contribution is 2.10. The van der Waals surface area contributed by atoms with Crippen molar-refractivity contribution in [3.8, 4) is 0 Å². The van der Waals surface area contributed by atoms with Gasteiger partial charge in [-0.2, -0.15) is 0 Å². The molecule has 0 aliphatic rings. The van der Waals surface area contributed by atoms with Crippen molar-refractivity contribution in [3.63, 3.8) is 0 Å². The molecule has 2 aromatic heterocycles. The van der Waals surface area contributed by atoms with E-state index in [1.165, 1.54) is 28.1 Å². The van der Waals surface area contributed by atoms with E-state index in [0.29, 0.717) is 0 Å². The third-order valence-corrected chi connectivity index (χ3v) is 5.05. The summed E-state index contributed by atoms with van der Waals surface area (Å²) in [5.41, 5.74) is 3.25. The molecule has 0 aliphatic carbocycles. The van der Waals surface area contributed by atoms with Crippen molar-refractivity contribution < 1.29 is 8.42 Å². The molecule has 0 aliphatic heterocycles. The van der Waals surface area contributed by atoms with Gasteiger partial charge in [0, 0.05) is 29.7 Å². The lowest BCUT2D eigenvalue weighted by atomic mass is 10.2. The number of benzene rings is 3. The van der Waals surface area contributed by atoms with Gasteiger partial charge < -0.3 is 9.97 Å². The zero-order valence-electron chi connectivity index (χ0n) is 16.2. The molecule has 0 spiro atoms. The SMILES string of the molecule is CS(=O)(=O)Cc1ccccc1.c1ccc2[nH]ccc2c1.c1ccc2[nH]ccc2c1. The lowest BCUT2D eigenvalue weighted by Gasteiger charge is -1.96. The van der Waals surface area contributed by atoms with Crippen LogP contribution in [0.1, 0.15) is 5.56 Å². The Morgan fingerprint density at radius 2 is 1.07 bits per heavy atom. The van der Waals surface area contributed by atoms with Crippen LogP contribution in [0.5, 0.6) is 0 Å². The van der Waals surface area contributed by atoms with Crippen molar-refractivity contribution in [2.75, 3.05) is 6.26 Å². The third kappa shape index (κ3) is 6.66. The summed E-state index contributed by atoms with van der Waals surface area (Å²) in [5.74, 6) is 0.133. The van der Waals surface area contributed by atoms with Crippen molar-refractivity contribution >= 4 is 31.6 Å². The third-order valence-electron chi connectivity index (χ3n) is 4.20. The summed E-state index contributed by atoms with van der Waals surface area (Å²) < 4.78 is 21.6. The molecule has 2 N–H and O–H groups in total. The normalized spacial score (nSPS) is 10.7. The number of fused-ring (bicyclic) bond motifs is 2. The number of aromatic amines is 2. The predicted molar refractivity (Wildman–Crippen MR) is 122 cm³/mol. The molecule has 0 radical (unpaired) electrons. The van der Waals surface area contributed by atoms with Crippen LogP contribution in [0.25, 0.3) is 21.8 Å². The Hall–Kier alpha value is -3.31. The number of hydrogen-bond donors (Lipinski definition) is 2. The average molecular weight is 405 g/mol. The van der Waals surface area contributed by atoms with E-state index >= 15 is 0 Å². The van der Waals surface area contributed by atoms with Crippen molar-refractivity contribution in [2.45, 2.75) is 5.75 Å². The minimum absolute atomic E-state index is 0.133. The molecule has 29 heavy (non-hydrogen) atoms. The molecule has 5 rings (SSSR count). The van der Waals surface area contributed by atoms with Crippen LogP contribution in [0.4, 0.5) is 0 Å². The molecule has 0 amide bonds. The Morgan fingerprint density at radius 3 is 1.52 bits per heavy atom. The van der Waals surface area contributed by atoms with Gasteiger partial charge in [-0.15, -0.1) is 0 Å². The number of sulfone groups is 1. The Labute approximate surface area is 171 Å². The maximum atomic E-state index is 10.8. The van der Waals surface area contributed by atoms with Gasteiger partial charge in [-0.1, -0.05) is 66.7 Å². The van der Waals surface area contributed by atoms with Crippen LogP contribution < -0.4 is 0 Å². The minimum atomic E-state index is -2.88. The molecule has 2 heterocycles. The largest absolute Gasteiger partial charge is 0.361 e. The Kier molecular flexibility index (Phi) is 6.87. The summed E-state index contributed by atoms with van der Waals surface area (Å²) in [6.07, 6.45) is 5.13. The summed E-state index contributed by atoms with van der Waals surface area (Å²) >= 11 is 0. The van der Waals surface area contributed by atoms with E-state index < -0.39 is 9.84 Å². The Bertz CT molecular complexity index is 1130. The molecular weight excluding hydrogens is 380 g/mol. The van der Waals surface area contributed by atoms with Crippen LogP contribution in [-0.4, -0.2) is 24.6 Å². The molecule has 4 nitrogen and oxygen atoms in total. The minimum Gasteiger partial charge on any atom is -0.361 e. The van der Waals surface area contributed by atoms with Crippen LogP contribution in [-0.2, 0) is 15.6 Å². The molecule has 5 aromatic rings. The van der Waals surface area contributed by atoms with Crippen molar-refractivity contribution in [1.29, 1.82) is 0 Å². The van der Waals surface area contributed by atoms with E-state index in [1.807, 2.05) is 54.9 Å². The first-order valence-corrected chi connectivity index (χ1v) is 11.3. The standard InChI is InChI=1S/2C8H7N.C8H10O2S/c2*1-2-4-8-7(3-1)5-6-9-8;1-11(9,10)7-8-5-3-2-4-6-8/h2*1-6,9H;2-6H,7H2,1H3. The van der Waals surface area contributed by atoms with Gasteiger partial charge in [0.1, 0.15) is 0 Å². The van der Waals surface area contributed by atoms with Gasteiger partial charge in [0.25, 0.3) is 0 Å². The smallest absolute Gasteiger partial charge is 0.151 e. The predicted octanol–water partition coefficient (Wildman–Crippen LogP) is 5.57. The molecule has 0 fully saturated rings. The summed E-state index contributed by atoms with van der Waals surface area (Å²) in [6.45, 7) is 0. The van der Waals surface area contributed by atoms with Crippen LogP contribution in [0.2, 0.25) is 0 Å². The molecule has 0 atom stereocenters. The molecule has 0 unspecified atom stereocenters. The summed E-state index contributed by atoms with van der Waals surface area (Å²) in [5, 5.41) is 2.55. The van der Waals surface area contributed by atoms with Gasteiger partial charge in [-0.05, 0) is 40.6 Å². The fourth-order valence-electron chi connectivity index (χ4n) is 2.87. The molecular formula is C24H24N2O2S. The quantitative estimate of drug-likeness (QED) is 0.404. The molecule has 0 saturated carbocycles. The van der Waals surface area contributed by atoms with E-state index in [4.69, 9.17) is 0 Å². The highest BCUT2D eigenvalue weighted by Gasteiger charge is 2.02. The van der Waals surface area contributed by atoms with E-state index in [-0.39, 0.29) is 5.75 Å². The monoisotopic (exact) mass is 404 g/mol. The second-order valence-electron chi connectivity index (χ2n) is 6.69. The summed E-state index contributed by atoms with van der Waals surface area (Å²) in [6, 6.07) is 29.7. The Balaban J connectivity index is 0.000000125. The van der Waals surface area contributed by atoms with Gasteiger partial charge in [0.2, 0.25) is 0 Å². The number of para-hydroxylation sites is 2. The maximum absolute atomic E-state index is 10.8. The van der Waals surface area contributed by atoms with Gasteiger partial charge in [-0.3, -0.25) is 0 Å². The van der Waals surface area contributed by atoms with Crippen LogP contribution in [0.15, 0.2) is 103 Å². The van der Waals surface area contributed by atoms with E-state index in [0.717, 1.165) is 5.56 Å². The maximum Gasteiger partial charge on any atom is 0.151 e. The second-order valence-corrected chi connectivity index (χ2v) is 8.83. The van der Waals surface area contributed by atoms with Gasteiger partial charge in [0.05, 0.1) is 5.75 Å². The van der Waals surface area contributed by atoms with E-state index in [1.54, 1.807) is 12.1 Å². The lowest BCUT2D eigenvalue weighted by molar-refractivity contribution is 0.601. The zero-order chi connectivity index (χ0) is 20.5. The first kappa shape index (κ1) is 20.4. The number of hydrogen-bond acceptors (Lipinski definition) is 2. The fraction of sp³-hybridized carbons (Fsp3) is 0.0833. The topological polar surface area (TPSA) is 65.7 Å². The van der Waals surface area contributed by atoms with Crippen LogP contribution >= 0.6 is 0 Å². The second kappa shape index (κ2) is 9.75. The average Bonchev–Trinajstić information content (AvgIpc) is 3.38. The highest BCUT2D eigenvalue weighted by molar-refractivity contribution is 7.89. The number of H-pyrrole nitrogens is 2. The first-order valence-electron chi connectivity index (χ1n) is 9.27. The molecule has 148 valence electrons. The van der Waals surface area contributed by atoms with E-state index in [2.05, 4.69) is 46.4 Å². The summed E-state index contributed by atoms with van der Waals surface area (Å²) in [4.78, 5) is 6.24. The molecule has 0 saturated heterocycles. The number of rotatable bonds is 2. The lowest BCUT2D eigenvalue weighted by Crippen LogP contribution is -1.99. The molecule has 5 heteroatoms.